The van der Waals surface area contributed by atoms with E-state index in [0.29, 0.717) is 21.3 Å². The second kappa shape index (κ2) is 6.64. The van der Waals surface area contributed by atoms with E-state index in [0.717, 1.165) is 12.2 Å². The van der Waals surface area contributed by atoms with Gasteiger partial charge >= 0.3 is 0 Å². The maximum Gasteiger partial charge on any atom is 0.257 e. The molecule has 3 nitrogen and oxygen atoms in total. The zero-order valence-corrected chi connectivity index (χ0v) is 12.4. The molecule has 104 valence electrons. The Bertz CT molecular complexity index is 629. The number of anilines is 2. The van der Waals surface area contributed by atoms with E-state index in [9.17, 15) is 4.79 Å². The highest BCUT2D eigenvalue weighted by Gasteiger charge is 2.11. The van der Waals surface area contributed by atoms with Crippen molar-refractivity contribution in [2.24, 2.45) is 0 Å². The van der Waals surface area contributed by atoms with Gasteiger partial charge in [0.25, 0.3) is 5.91 Å². The van der Waals surface area contributed by atoms with Crippen molar-refractivity contribution in [3.8, 4) is 0 Å². The number of carbonyl (C=O) groups excluding carboxylic acids is 1. The average molecular weight is 309 g/mol. The molecule has 0 fully saturated rings. The Kier molecular flexibility index (Phi) is 4.88. The lowest BCUT2D eigenvalue weighted by Gasteiger charge is -2.11. The van der Waals surface area contributed by atoms with Crippen molar-refractivity contribution in [2.75, 3.05) is 17.2 Å². The molecule has 1 amide bonds. The van der Waals surface area contributed by atoms with Gasteiger partial charge in [-0.3, -0.25) is 4.79 Å². The summed E-state index contributed by atoms with van der Waals surface area (Å²) in [6.45, 7) is 2.73. The van der Waals surface area contributed by atoms with Crippen molar-refractivity contribution in [1.82, 2.24) is 0 Å². The van der Waals surface area contributed by atoms with Gasteiger partial charge in [0.15, 0.2) is 0 Å². The van der Waals surface area contributed by atoms with Crippen LogP contribution in [0.4, 0.5) is 11.4 Å². The molecule has 0 saturated carbocycles. The molecule has 0 spiro atoms. The Morgan fingerprint density at radius 1 is 1.10 bits per heavy atom. The van der Waals surface area contributed by atoms with Crippen LogP contribution in [0.1, 0.15) is 17.3 Å². The lowest BCUT2D eigenvalue weighted by atomic mass is 10.1. The standard InChI is InChI=1S/C15H14Cl2N2O/c1-2-18-14-6-4-3-5-11(14)15(20)19-10-7-8-12(16)13(17)9-10/h3-9,18H,2H2,1H3,(H,19,20). The molecule has 0 aliphatic heterocycles. The number of rotatable bonds is 4. The third kappa shape index (κ3) is 3.44. The summed E-state index contributed by atoms with van der Waals surface area (Å²) in [5, 5.41) is 6.82. The number of hydrogen-bond donors (Lipinski definition) is 2. The molecular weight excluding hydrogens is 295 g/mol. The number of carbonyl (C=O) groups is 1. The first kappa shape index (κ1) is 14.7. The second-order valence-electron chi connectivity index (χ2n) is 4.16. The van der Waals surface area contributed by atoms with E-state index >= 15 is 0 Å². The predicted molar refractivity (Wildman–Crippen MR) is 85.0 cm³/mol. The summed E-state index contributed by atoms with van der Waals surface area (Å²) in [4.78, 5) is 12.3. The number of para-hydroxylation sites is 1. The van der Waals surface area contributed by atoms with Gasteiger partial charge in [-0.05, 0) is 37.3 Å². The van der Waals surface area contributed by atoms with Crippen molar-refractivity contribution in [2.45, 2.75) is 6.92 Å². The first-order valence-electron chi connectivity index (χ1n) is 6.21. The van der Waals surface area contributed by atoms with E-state index in [1.807, 2.05) is 25.1 Å². The van der Waals surface area contributed by atoms with Gasteiger partial charge in [-0.2, -0.15) is 0 Å². The van der Waals surface area contributed by atoms with Crippen LogP contribution >= 0.6 is 23.2 Å². The van der Waals surface area contributed by atoms with E-state index in [4.69, 9.17) is 23.2 Å². The zero-order valence-electron chi connectivity index (χ0n) is 10.9. The lowest BCUT2D eigenvalue weighted by Crippen LogP contribution is -2.14. The number of hydrogen-bond acceptors (Lipinski definition) is 2. The van der Waals surface area contributed by atoms with Crippen LogP contribution in [0.3, 0.4) is 0 Å². The summed E-state index contributed by atoms with van der Waals surface area (Å²) in [6, 6.07) is 12.3. The summed E-state index contributed by atoms with van der Waals surface area (Å²) in [5.41, 5.74) is 1.99. The SMILES string of the molecule is CCNc1ccccc1C(=O)Nc1ccc(Cl)c(Cl)c1. The van der Waals surface area contributed by atoms with Gasteiger partial charge in [-0.25, -0.2) is 0 Å². The molecule has 0 unspecified atom stereocenters. The molecule has 0 aliphatic carbocycles. The van der Waals surface area contributed by atoms with Crippen LogP contribution in [0.5, 0.6) is 0 Å². The minimum Gasteiger partial charge on any atom is -0.385 e. The molecule has 5 heteroatoms. The van der Waals surface area contributed by atoms with Crippen LogP contribution in [0.2, 0.25) is 10.0 Å². The van der Waals surface area contributed by atoms with Gasteiger partial charge < -0.3 is 10.6 Å². The largest absolute Gasteiger partial charge is 0.385 e. The molecular formula is C15H14Cl2N2O. The zero-order chi connectivity index (χ0) is 14.5. The highest BCUT2D eigenvalue weighted by Crippen LogP contribution is 2.25. The fourth-order valence-corrected chi connectivity index (χ4v) is 2.10. The molecule has 0 aliphatic rings. The van der Waals surface area contributed by atoms with Crippen LogP contribution < -0.4 is 10.6 Å². The molecule has 2 aromatic rings. The molecule has 0 saturated heterocycles. The minimum atomic E-state index is -0.195. The highest BCUT2D eigenvalue weighted by atomic mass is 35.5. The number of amides is 1. The first-order chi connectivity index (χ1) is 9.61. The van der Waals surface area contributed by atoms with Gasteiger partial charge in [-0.15, -0.1) is 0 Å². The quantitative estimate of drug-likeness (QED) is 0.861. The molecule has 0 atom stereocenters. The molecule has 0 radical (unpaired) electrons. The van der Waals surface area contributed by atoms with E-state index < -0.39 is 0 Å². The minimum absolute atomic E-state index is 0.195. The van der Waals surface area contributed by atoms with Gasteiger partial charge in [-0.1, -0.05) is 35.3 Å². The van der Waals surface area contributed by atoms with Crippen LogP contribution in [-0.4, -0.2) is 12.5 Å². The van der Waals surface area contributed by atoms with E-state index in [2.05, 4.69) is 10.6 Å². The Hall–Kier alpha value is -1.71. The summed E-state index contributed by atoms with van der Waals surface area (Å²) in [5.74, 6) is -0.195. The number of benzene rings is 2. The second-order valence-corrected chi connectivity index (χ2v) is 4.97. The Morgan fingerprint density at radius 2 is 1.85 bits per heavy atom. The van der Waals surface area contributed by atoms with E-state index in [1.165, 1.54) is 0 Å². The van der Waals surface area contributed by atoms with Gasteiger partial charge in [0, 0.05) is 17.9 Å². The Morgan fingerprint density at radius 3 is 2.55 bits per heavy atom. The van der Waals surface area contributed by atoms with Crippen LogP contribution in [0, 0.1) is 0 Å². The molecule has 0 aromatic heterocycles. The third-order valence-electron chi connectivity index (χ3n) is 2.72. The van der Waals surface area contributed by atoms with Crippen molar-refractivity contribution < 1.29 is 4.79 Å². The smallest absolute Gasteiger partial charge is 0.257 e. The normalized spacial score (nSPS) is 10.2. The summed E-state index contributed by atoms with van der Waals surface area (Å²) in [7, 11) is 0. The highest BCUT2D eigenvalue weighted by molar-refractivity contribution is 6.42. The van der Waals surface area contributed by atoms with Crippen LogP contribution in [0.15, 0.2) is 42.5 Å². The van der Waals surface area contributed by atoms with E-state index in [1.54, 1.807) is 24.3 Å². The van der Waals surface area contributed by atoms with E-state index in [-0.39, 0.29) is 5.91 Å². The topological polar surface area (TPSA) is 41.1 Å². The fraction of sp³-hybridized carbons (Fsp3) is 0.133. The van der Waals surface area contributed by atoms with Crippen LogP contribution in [0.25, 0.3) is 0 Å². The summed E-state index contributed by atoms with van der Waals surface area (Å²) < 4.78 is 0. The Labute approximate surface area is 127 Å². The molecule has 2 rings (SSSR count). The fourth-order valence-electron chi connectivity index (χ4n) is 1.80. The van der Waals surface area contributed by atoms with Crippen molar-refractivity contribution in [3.63, 3.8) is 0 Å². The Balaban J connectivity index is 2.21. The monoisotopic (exact) mass is 308 g/mol. The molecule has 0 bridgehead atoms. The van der Waals surface area contributed by atoms with Gasteiger partial charge in [0.1, 0.15) is 0 Å². The first-order valence-corrected chi connectivity index (χ1v) is 6.96. The summed E-state index contributed by atoms with van der Waals surface area (Å²) in [6.07, 6.45) is 0. The lowest BCUT2D eigenvalue weighted by molar-refractivity contribution is 0.102. The molecule has 20 heavy (non-hydrogen) atoms. The number of halogens is 2. The predicted octanol–water partition coefficient (Wildman–Crippen LogP) is 4.68. The molecule has 0 heterocycles. The third-order valence-corrected chi connectivity index (χ3v) is 3.46. The van der Waals surface area contributed by atoms with Crippen molar-refractivity contribution in [1.29, 1.82) is 0 Å². The van der Waals surface area contributed by atoms with Gasteiger partial charge in [0.05, 0.1) is 15.6 Å². The molecule has 2 aromatic carbocycles. The van der Waals surface area contributed by atoms with Crippen molar-refractivity contribution in [3.05, 3.63) is 58.1 Å². The van der Waals surface area contributed by atoms with Crippen molar-refractivity contribution >= 4 is 40.5 Å². The average Bonchev–Trinajstić information content (AvgIpc) is 2.44. The number of nitrogens with one attached hydrogen (secondary N) is 2. The van der Waals surface area contributed by atoms with Gasteiger partial charge in [0.2, 0.25) is 0 Å². The maximum atomic E-state index is 12.3. The summed E-state index contributed by atoms with van der Waals surface area (Å²) >= 11 is 11.8. The van der Waals surface area contributed by atoms with Crippen LogP contribution in [-0.2, 0) is 0 Å². The maximum absolute atomic E-state index is 12.3. The molecule has 2 N–H and O–H groups in total.